The van der Waals surface area contributed by atoms with Gasteiger partial charge in [0.05, 0.1) is 11.5 Å². The normalized spacial score (nSPS) is 47.2. The lowest BCUT2D eigenvalue weighted by atomic mass is 9.36. The minimum atomic E-state index is -0.496. The molecule has 0 bridgehead atoms. The highest BCUT2D eigenvalue weighted by Crippen LogP contribution is 2.72. The maximum absolute atomic E-state index is 12.3. The van der Waals surface area contributed by atoms with E-state index in [2.05, 4.69) is 50.2 Å². The van der Waals surface area contributed by atoms with Crippen LogP contribution in [0.4, 0.5) is 0 Å². The Morgan fingerprint density at radius 2 is 1.51 bits per heavy atom. The van der Waals surface area contributed by atoms with Gasteiger partial charge < -0.3 is 10.2 Å². The molecule has 0 aromatic heterocycles. The van der Waals surface area contributed by atoms with E-state index in [-0.39, 0.29) is 11.5 Å². The Morgan fingerprint density at radius 1 is 0.886 bits per heavy atom. The third-order valence-corrected chi connectivity index (χ3v) is 12.5. The average molecular weight is 554 g/mol. The van der Waals surface area contributed by atoms with Crippen molar-refractivity contribution in [2.75, 3.05) is 5.33 Å². The summed E-state index contributed by atoms with van der Waals surface area (Å²) in [4.78, 5) is 12.3. The Balaban J connectivity index is 0.000000521. The first kappa shape index (κ1) is 29.2. The van der Waals surface area contributed by atoms with Crippen molar-refractivity contribution in [1.29, 1.82) is 0 Å². The maximum atomic E-state index is 12.3. The molecule has 5 fully saturated rings. The fourth-order valence-corrected chi connectivity index (χ4v) is 10.6. The van der Waals surface area contributed by atoms with Gasteiger partial charge in [-0.3, -0.25) is 4.79 Å². The summed E-state index contributed by atoms with van der Waals surface area (Å²) in [5.74, 6) is 2.62. The Hall–Kier alpha value is -0.350. The summed E-state index contributed by atoms with van der Waals surface area (Å²) in [5, 5.41) is 21.8. The number of aliphatic carboxylic acids is 1. The van der Waals surface area contributed by atoms with Crippen molar-refractivity contribution in [2.45, 2.75) is 118 Å². The molecule has 0 saturated heterocycles. The molecule has 0 aromatic rings. The summed E-state index contributed by atoms with van der Waals surface area (Å²) in [6.45, 7) is 17.2. The number of hydrogen-bond acceptors (Lipinski definition) is 2. The van der Waals surface area contributed by atoms with Gasteiger partial charge in [-0.2, -0.15) is 0 Å². The lowest BCUT2D eigenvalue weighted by Gasteiger charge is -2.69. The quantitative estimate of drug-likeness (QED) is 0.266. The second-order valence-corrected chi connectivity index (χ2v) is 14.0. The topological polar surface area (TPSA) is 57.5 Å². The third kappa shape index (κ3) is 4.49. The van der Waals surface area contributed by atoms with Crippen molar-refractivity contribution < 1.29 is 15.0 Å². The van der Waals surface area contributed by atoms with Crippen molar-refractivity contribution >= 4 is 21.9 Å². The number of halogens is 1. The molecule has 0 amide bonds. The maximum Gasteiger partial charge on any atom is 0.309 e. The molecule has 5 aliphatic rings. The van der Waals surface area contributed by atoms with Gasteiger partial charge in [-0.25, -0.2) is 0 Å². The van der Waals surface area contributed by atoms with Gasteiger partial charge in [0.25, 0.3) is 0 Å². The van der Waals surface area contributed by atoms with E-state index in [1.807, 2.05) is 13.8 Å². The van der Waals surface area contributed by atoms with Crippen LogP contribution in [0.15, 0.2) is 12.7 Å². The average Bonchev–Trinajstić information content (AvgIpc) is 3.29. The third-order valence-electron chi connectivity index (χ3n) is 12.0. The van der Waals surface area contributed by atoms with E-state index in [9.17, 15) is 15.0 Å². The van der Waals surface area contributed by atoms with Gasteiger partial charge in [0, 0.05) is 5.33 Å². The molecule has 2 N–H and O–H groups in total. The fourth-order valence-electron chi connectivity index (χ4n) is 10.6. The number of alkyl halides is 1. The fraction of sp³-hybridized carbons (Fsp3) is 0.903. The van der Waals surface area contributed by atoms with E-state index < -0.39 is 11.4 Å². The zero-order chi connectivity index (χ0) is 26.2. The van der Waals surface area contributed by atoms with Crippen molar-refractivity contribution in [3.63, 3.8) is 0 Å². The number of carbonyl (C=O) groups is 1. The lowest BCUT2D eigenvalue weighted by molar-refractivity contribution is -0.216. The van der Waals surface area contributed by atoms with E-state index in [1.54, 1.807) is 6.08 Å². The Labute approximate surface area is 224 Å². The van der Waals surface area contributed by atoms with Crippen LogP contribution in [-0.4, -0.2) is 27.6 Å². The molecular weight excluding hydrogens is 500 g/mol. The predicted molar refractivity (Wildman–Crippen MR) is 150 cm³/mol. The van der Waals surface area contributed by atoms with E-state index in [0.29, 0.717) is 34.5 Å². The Morgan fingerprint density at radius 3 is 2.11 bits per heavy atom. The second-order valence-electron chi connectivity index (χ2n) is 13.3. The van der Waals surface area contributed by atoms with Crippen LogP contribution in [0.25, 0.3) is 0 Å². The van der Waals surface area contributed by atoms with Crippen LogP contribution in [0.5, 0.6) is 0 Å². The molecule has 5 aliphatic carbocycles. The van der Waals surface area contributed by atoms with Gasteiger partial charge in [0.1, 0.15) is 0 Å². The molecule has 3 nitrogen and oxygen atoms in total. The molecule has 35 heavy (non-hydrogen) atoms. The van der Waals surface area contributed by atoms with Crippen molar-refractivity contribution in [2.24, 2.45) is 51.2 Å². The molecule has 0 radical (unpaired) electrons. The standard InChI is InChI=1S/C26H42O3.C3H5Br.C2H6/c1-23(2)19-10-13-24(3)17-9-15-26(22(28)29)12-5-6-18(26)16(17)7-8-20(24)25(19,4)14-11-21(23)27;1-2-3-4;1-2/h16-21,27H,5-15H2,1-4H3,(H,28,29);2H,1,3H2;1-2H3. The zero-order valence-electron chi connectivity index (χ0n) is 23.4. The summed E-state index contributed by atoms with van der Waals surface area (Å²) < 4.78 is 0. The number of carboxylic acids is 1. The van der Waals surface area contributed by atoms with Crippen LogP contribution in [0.3, 0.4) is 0 Å². The van der Waals surface area contributed by atoms with E-state index in [1.165, 1.54) is 32.1 Å². The summed E-state index contributed by atoms with van der Waals surface area (Å²) in [7, 11) is 0. The number of aliphatic hydroxyl groups is 1. The van der Waals surface area contributed by atoms with E-state index in [4.69, 9.17) is 0 Å². The highest BCUT2D eigenvalue weighted by Gasteiger charge is 2.67. The number of carboxylic acid groups (broad SMARTS) is 1. The minimum Gasteiger partial charge on any atom is -0.481 e. The van der Waals surface area contributed by atoms with Crippen LogP contribution in [0.2, 0.25) is 0 Å². The molecule has 9 unspecified atom stereocenters. The molecule has 0 spiro atoms. The van der Waals surface area contributed by atoms with Crippen LogP contribution in [0.1, 0.15) is 112 Å². The number of hydrogen-bond donors (Lipinski definition) is 2. The SMILES string of the molecule is C=CCBr.CC.CC1(C)C(O)CCC2(C)C1CCC1(C)C3CCC4(C(=O)O)CCCC4C3CCC12. The van der Waals surface area contributed by atoms with Gasteiger partial charge in [0.2, 0.25) is 0 Å². The van der Waals surface area contributed by atoms with E-state index >= 15 is 0 Å². The first-order valence-corrected chi connectivity index (χ1v) is 15.7. The van der Waals surface area contributed by atoms with Gasteiger partial charge in [-0.1, -0.05) is 70.0 Å². The van der Waals surface area contributed by atoms with Crippen molar-refractivity contribution in [3.8, 4) is 0 Å². The molecular formula is C31H53BrO3. The Bertz CT molecular complexity index is 764. The summed E-state index contributed by atoms with van der Waals surface area (Å²) in [6, 6.07) is 0. The number of rotatable bonds is 2. The van der Waals surface area contributed by atoms with Gasteiger partial charge in [-0.15, -0.1) is 6.58 Å². The van der Waals surface area contributed by atoms with Crippen molar-refractivity contribution in [3.05, 3.63) is 12.7 Å². The molecule has 5 rings (SSSR count). The molecule has 9 atom stereocenters. The first-order valence-electron chi connectivity index (χ1n) is 14.6. The molecule has 0 heterocycles. The van der Waals surface area contributed by atoms with Crippen LogP contribution in [0, 0.1) is 51.2 Å². The molecule has 202 valence electrons. The Kier molecular flexibility index (Phi) is 9.01. The first-order chi connectivity index (χ1) is 16.5. The summed E-state index contributed by atoms with van der Waals surface area (Å²) in [5.41, 5.74) is 0.307. The van der Waals surface area contributed by atoms with Crippen LogP contribution < -0.4 is 0 Å². The summed E-state index contributed by atoms with van der Waals surface area (Å²) in [6.07, 6.45) is 14.0. The summed E-state index contributed by atoms with van der Waals surface area (Å²) >= 11 is 3.13. The molecule has 0 aliphatic heterocycles. The number of fused-ring (bicyclic) bond motifs is 7. The monoisotopic (exact) mass is 552 g/mol. The second kappa shape index (κ2) is 10.8. The van der Waals surface area contributed by atoms with Crippen LogP contribution in [-0.2, 0) is 4.79 Å². The molecule has 5 saturated carbocycles. The lowest BCUT2D eigenvalue weighted by Crippen LogP contribution is -2.63. The number of aliphatic hydroxyl groups excluding tert-OH is 1. The van der Waals surface area contributed by atoms with Gasteiger partial charge >= 0.3 is 5.97 Å². The zero-order valence-corrected chi connectivity index (χ0v) is 25.0. The van der Waals surface area contributed by atoms with E-state index in [0.717, 1.165) is 49.8 Å². The molecule has 0 aromatic carbocycles. The highest BCUT2D eigenvalue weighted by molar-refractivity contribution is 9.09. The van der Waals surface area contributed by atoms with Gasteiger partial charge in [0.15, 0.2) is 0 Å². The van der Waals surface area contributed by atoms with Crippen molar-refractivity contribution in [1.82, 2.24) is 0 Å². The van der Waals surface area contributed by atoms with Crippen LogP contribution >= 0.6 is 15.9 Å². The smallest absolute Gasteiger partial charge is 0.309 e. The minimum absolute atomic E-state index is 0.0155. The predicted octanol–water partition coefficient (Wildman–Crippen LogP) is 8.49. The number of allylic oxidation sites excluding steroid dienone is 1. The largest absolute Gasteiger partial charge is 0.481 e. The highest BCUT2D eigenvalue weighted by atomic mass is 79.9. The molecule has 4 heteroatoms. The van der Waals surface area contributed by atoms with Gasteiger partial charge in [-0.05, 0) is 110 Å².